The van der Waals surface area contributed by atoms with Crippen LogP contribution in [0.1, 0.15) is 194 Å². The number of H-pyrrole nitrogens is 1. The molecule has 2 aromatic rings. The average molecular weight is 2030 g/mol. The number of amides is 19. The summed E-state index contributed by atoms with van der Waals surface area (Å²) in [4.78, 5) is 298. The van der Waals surface area contributed by atoms with Crippen LogP contribution in [0.5, 0.6) is 5.75 Å². The Morgan fingerprint density at radius 3 is 1.36 bits per heavy atom. The van der Waals surface area contributed by atoms with E-state index < -0.39 is 265 Å². The summed E-state index contributed by atoms with van der Waals surface area (Å²) >= 11 is 0. The first-order valence-corrected chi connectivity index (χ1v) is 48.8. The predicted octanol–water partition coefficient (Wildman–Crippen LogP) is -7.87. The molecule has 53 nitrogen and oxygen atoms in total. The standard InChI is InChI=1S/C91H145N31O22/c1-7-50(6)73(116-77(132)57(40-51-24-26-53(123)27-25-51)112-82(137)72(49(4)5)115-81(136)65-22-14-35-119(65)83(138)55(18-11-32-105-91(100)101)109-76(131)59(43-69(95)126)111-75(130)58(42-68(94)125)107-70(127)44-92)87(142)121-37-15-21-64(121)80(135)110-56(28-29-67(93)124)84(139)122-38-16-23-66(122)86(141)117(33-9-8-30-103-89(96)97)46-71(128)118-34-12-19-62(118)78(133)113-60(41-52-45-102-47-106-52)85(140)120-36-13-20-63(120)79(134)108-54(17-10-31-104-90(98)99)74(129)114-61(88(143)144)39-48(2)3/h24-27,45,47-50,54-66,72-73,123H,7-23,28-44,46,92H2,1-6H3,(H2,93,124)(H2,94,125)(H2,95,126)(H,102,106)(H,107,127)(H,108,134)(H,109,131)(H,110,135)(H,111,130)(H,112,137)(H,113,133)(H,114,129)(H,115,136)(H,116,132)(H,143,144)(H4,96,97,103)(H4,98,99,104)(H4,100,101,105)/t50-,54-,55-,56-,57-,58-,59-,60-,61-,62-,63-,64-,65-,66-,72-,73-/m0/s1. The smallest absolute Gasteiger partial charge is 0.326 e. The zero-order valence-corrected chi connectivity index (χ0v) is 82.3. The van der Waals surface area contributed by atoms with E-state index in [-0.39, 0.29) is 192 Å². The van der Waals surface area contributed by atoms with Crippen LogP contribution in [0.4, 0.5) is 0 Å². The van der Waals surface area contributed by atoms with Crippen LogP contribution in [-0.2, 0) is 109 Å². The molecule has 0 bridgehead atoms. The fraction of sp³-hybridized carbons (Fsp3) is 0.648. The summed E-state index contributed by atoms with van der Waals surface area (Å²) in [5, 5.41) is 77.2. The Morgan fingerprint density at radius 2 is 0.882 bits per heavy atom. The molecule has 7 rings (SSSR count). The molecule has 1 aromatic carbocycles. The molecule has 33 N–H and O–H groups in total. The van der Waals surface area contributed by atoms with Crippen LogP contribution in [0.3, 0.4) is 0 Å². The number of unbranched alkanes of at least 4 members (excludes halogenated alkanes) is 1. The zero-order chi connectivity index (χ0) is 106. The zero-order valence-electron chi connectivity index (χ0n) is 82.3. The maximum absolute atomic E-state index is 15.4. The van der Waals surface area contributed by atoms with Gasteiger partial charge >= 0.3 is 5.97 Å². The number of primary amides is 3. The monoisotopic (exact) mass is 2020 g/mol. The fourth-order valence-electron chi connectivity index (χ4n) is 18.1. The lowest BCUT2D eigenvalue weighted by atomic mass is 9.96. The summed E-state index contributed by atoms with van der Waals surface area (Å²) in [6, 6.07) is -15.7. The number of aromatic hydroxyl groups is 1. The molecule has 0 aliphatic carbocycles. The highest BCUT2D eigenvalue weighted by atomic mass is 16.4. The van der Waals surface area contributed by atoms with Crippen LogP contribution in [0, 0.1) is 34.0 Å². The number of guanidine groups is 3. The molecule has 0 saturated carbocycles. The maximum Gasteiger partial charge on any atom is 0.326 e. The van der Waals surface area contributed by atoms with E-state index in [2.05, 4.69) is 79.1 Å². The van der Waals surface area contributed by atoms with Gasteiger partial charge in [-0.1, -0.05) is 60.1 Å². The number of carboxylic acids is 1. The number of aliphatic carboxylic acids is 1. The van der Waals surface area contributed by atoms with Crippen molar-refractivity contribution in [3.05, 3.63) is 48.0 Å². The fourth-order valence-corrected chi connectivity index (χ4v) is 18.1. The third kappa shape index (κ3) is 35.5. The minimum absolute atomic E-state index is 0.00517. The van der Waals surface area contributed by atoms with E-state index in [1.807, 2.05) is 0 Å². The summed E-state index contributed by atoms with van der Waals surface area (Å²) in [7, 11) is 0. The van der Waals surface area contributed by atoms with Crippen molar-refractivity contribution in [1.29, 1.82) is 16.2 Å². The number of hydrogen-bond donors (Lipinski definition) is 26. The molecular weight excluding hydrogens is 1880 g/mol. The maximum atomic E-state index is 15.4. The Morgan fingerprint density at radius 1 is 0.458 bits per heavy atom. The number of carbonyl (C=O) groups excluding carboxylic acids is 19. The molecule has 5 aliphatic heterocycles. The van der Waals surface area contributed by atoms with Crippen molar-refractivity contribution in [2.45, 2.75) is 286 Å². The van der Waals surface area contributed by atoms with Crippen molar-refractivity contribution >= 4 is 136 Å². The SMILES string of the molecule is CC[C@H](C)[C@H](NC(=O)[C@H](Cc1ccc(O)cc1)NC(=O)[C@@H](NC(=O)[C@@H]1CCCN1C(=O)[C@H](CCCNC(=N)N)NC(=O)[C@H](CC(N)=O)NC(=O)[C@H](CC(N)=O)NC(=O)CN)C(C)C)C(=O)N1CCC[C@H]1C(=O)N[C@@H](CCC(N)=O)C(=O)N1CCC[C@H]1C(=O)N(CCCCNC(=N)N)CC(=O)N1CCC[C@H]1C(=O)N[C@@H](Cc1cnc[nH]1)C(=O)N1CCC[C@H]1C(=O)N[C@@H](CCCNC(=N)N)C(=O)N[C@@H](CC(C)C)C(=O)O. The van der Waals surface area contributed by atoms with E-state index in [1.165, 1.54) is 61.3 Å². The van der Waals surface area contributed by atoms with Crippen molar-refractivity contribution in [2.75, 3.05) is 72.0 Å². The number of likely N-dealkylation sites (tertiary alicyclic amines) is 5. The van der Waals surface area contributed by atoms with Crippen molar-refractivity contribution in [2.24, 2.45) is 57.9 Å². The Balaban J connectivity index is 1.07. The number of rotatable bonds is 57. The van der Waals surface area contributed by atoms with Crippen LogP contribution < -0.4 is 109 Å². The second kappa shape index (κ2) is 56.9. The average Bonchev–Trinajstić information content (AvgIpc) is 1.62. The van der Waals surface area contributed by atoms with Crippen LogP contribution in [0.2, 0.25) is 0 Å². The topological polar surface area (TPSA) is 840 Å². The number of nitrogens with zero attached hydrogens (tertiary/aromatic N) is 7. The van der Waals surface area contributed by atoms with Crippen molar-refractivity contribution in [1.82, 2.24) is 108 Å². The molecule has 0 radical (unpaired) electrons. The third-order valence-electron chi connectivity index (χ3n) is 25.8. The number of nitrogens with one attached hydrogen (secondary N) is 17. The Kier molecular flexibility index (Phi) is 46.0. The summed E-state index contributed by atoms with van der Waals surface area (Å²) in [6.45, 7) is 8.93. The van der Waals surface area contributed by atoms with Gasteiger partial charge in [0.1, 0.15) is 96.4 Å². The van der Waals surface area contributed by atoms with Crippen LogP contribution >= 0.6 is 0 Å². The molecule has 16 atom stereocenters. The van der Waals surface area contributed by atoms with Gasteiger partial charge in [-0.3, -0.25) is 107 Å². The number of benzene rings is 1. The molecular formula is C91H145N31O22. The summed E-state index contributed by atoms with van der Waals surface area (Å²) < 4.78 is 0. The lowest BCUT2D eigenvalue weighted by molar-refractivity contribution is -0.149. The molecule has 796 valence electrons. The second-order valence-electron chi connectivity index (χ2n) is 37.6. The van der Waals surface area contributed by atoms with E-state index in [4.69, 9.17) is 56.4 Å². The quantitative estimate of drug-likeness (QED) is 0.0166. The minimum Gasteiger partial charge on any atom is -0.508 e. The summed E-state index contributed by atoms with van der Waals surface area (Å²) in [5.74, 6) is -20.7. The highest BCUT2D eigenvalue weighted by Crippen LogP contribution is 2.29. The van der Waals surface area contributed by atoms with Gasteiger partial charge in [-0.25, -0.2) is 9.78 Å². The highest BCUT2D eigenvalue weighted by molar-refractivity contribution is 6.03. The lowest BCUT2D eigenvalue weighted by Gasteiger charge is -2.35. The van der Waals surface area contributed by atoms with Crippen molar-refractivity contribution in [3.63, 3.8) is 0 Å². The number of aromatic nitrogens is 2. The second-order valence-corrected chi connectivity index (χ2v) is 37.6. The van der Waals surface area contributed by atoms with Crippen molar-refractivity contribution < 1.29 is 106 Å². The largest absolute Gasteiger partial charge is 0.508 e. The van der Waals surface area contributed by atoms with Crippen LogP contribution in [0.15, 0.2) is 36.8 Å². The van der Waals surface area contributed by atoms with Gasteiger partial charge in [0.2, 0.25) is 112 Å². The number of phenolic OH excluding ortho intramolecular Hbond substituents is 1. The number of hydrogen-bond acceptors (Lipinski definition) is 26. The summed E-state index contributed by atoms with van der Waals surface area (Å²) in [6.07, 6.45) is 2.32. The molecule has 5 aliphatic rings. The molecule has 53 heteroatoms. The van der Waals surface area contributed by atoms with Gasteiger partial charge in [0.15, 0.2) is 17.9 Å². The number of imidazole rings is 1. The highest BCUT2D eigenvalue weighted by Gasteiger charge is 2.49. The van der Waals surface area contributed by atoms with Gasteiger partial charge in [0, 0.05) is 90.1 Å². The number of carbonyl (C=O) groups is 20. The molecule has 6 heterocycles. The first-order valence-electron chi connectivity index (χ1n) is 48.8. The van der Waals surface area contributed by atoms with Gasteiger partial charge in [-0.15, -0.1) is 0 Å². The number of aromatic amines is 1. The molecule has 5 saturated heterocycles. The lowest BCUT2D eigenvalue weighted by Crippen LogP contribution is -2.62. The van der Waals surface area contributed by atoms with Crippen molar-refractivity contribution in [3.8, 4) is 5.75 Å². The van der Waals surface area contributed by atoms with Crippen LogP contribution in [0.25, 0.3) is 0 Å². The molecule has 19 amide bonds. The summed E-state index contributed by atoms with van der Waals surface area (Å²) in [5.41, 5.74) is 39.3. The normalized spacial score (nSPS) is 18.8. The first kappa shape index (κ1) is 116. The number of nitrogens with two attached hydrogens (primary N) is 7. The van der Waals surface area contributed by atoms with E-state index in [0.29, 0.717) is 30.5 Å². The molecule has 1 aromatic heterocycles. The van der Waals surface area contributed by atoms with Gasteiger partial charge in [0.25, 0.3) is 0 Å². The predicted molar refractivity (Wildman–Crippen MR) is 518 cm³/mol. The molecule has 5 fully saturated rings. The minimum atomic E-state index is -1.83. The molecule has 144 heavy (non-hydrogen) atoms. The molecule has 0 spiro atoms. The Hall–Kier alpha value is -14.6. The van der Waals surface area contributed by atoms with E-state index in [1.54, 1.807) is 41.5 Å². The van der Waals surface area contributed by atoms with Gasteiger partial charge < -0.3 is 154 Å². The van der Waals surface area contributed by atoms with E-state index >= 15 is 33.6 Å². The Bertz CT molecular complexity index is 4890. The number of phenols is 1. The van der Waals surface area contributed by atoms with Gasteiger partial charge in [-0.2, -0.15) is 0 Å². The van der Waals surface area contributed by atoms with E-state index in [9.17, 15) is 72.5 Å². The van der Waals surface area contributed by atoms with Crippen LogP contribution in [-0.4, -0.2) is 348 Å². The number of carboxylic acid groups (broad SMARTS) is 1. The third-order valence-corrected chi connectivity index (χ3v) is 25.8. The molecule has 0 unspecified atom stereocenters. The first-order chi connectivity index (χ1) is 68.2. The Labute approximate surface area is 833 Å². The van der Waals surface area contributed by atoms with Gasteiger partial charge in [0.05, 0.1) is 32.3 Å². The van der Waals surface area contributed by atoms with E-state index in [0.717, 1.165) is 4.90 Å². The van der Waals surface area contributed by atoms with Gasteiger partial charge in [-0.05, 0) is 151 Å².